The molecule has 2 aliphatic carbocycles. The van der Waals surface area contributed by atoms with Crippen LogP contribution < -0.4 is 9.64 Å². The molecule has 0 bridgehead atoms. The van der Waals surface area contributed by atoms with Crippen LogP contribution in [0.5, 0.6) is 5.75 Å². The van der Waals surface area contributed by atoms with Crippen molar-refractivity contribution < 1.29 is 36.2 Å². The van der Waals surface area contributed by atoms with Gasteiger partial charge in [0.1, 0.15) is 17.4 Å². The molecule has 4 aromatic rings. The van der Waals surface area contributed by atoms with Gasteiger partial charge in [0.25, 0.3) is 0 Å². The fraction of sp³-hybridized carbons (Fsp3) is 0.267. The summed E-state index contributed by atoms with van der Waals surface area (Å²) >= 11 is 0. The number of aromatic nitrogens is 1. The predicted octanol–water partition coefficient (Wildman–Crippen LogP) is 6.63. The molecule has 212 valence electrons. The van der Waals surface area contributed by atoms with Gasteiger partial charge in [-0.25, -0.2) is 18.2 Å². The smallest absolute Gasteiger partial charge is 0.478 e. The molecule has 1 unspecified atom stereocenters. The molecule has 1 heterocycles. The Kier molecular flexibility index (Phi) is 6.64. The number of carboxylic acids is 1. The van der Waals surface area contributed by atoms with Crippen LogP contribution in [-0.2, 0) is 16.3 Å². The molecular weight excluding hydrogens is 557 g/mol. The zero-order chi connectivity index (χ0) is 28.9. The van der Waals surface area contributed by atoms with E-state index in [-0.39, 0.29) is 22.1 Å². The number of fused-ring (bicyclic) bond motifs is 2. The molecule has 2 aliphatic rings. The Morgan fingerprint density at radius 1 is 1.02 bits per heavy atom. The number of carbonyl (C=O) groups is 1. The second-order valence-electron chi connectivity index (χ2n) is 10.4. The fourth-order valence-electron chi connectivity index (χ4n) is 5.63. The number of hydrogen-bond acceptors (Lipinski definition) is 6. The summed E-state index contributed by atoms with van der Waals surface area (Å²) in [5.74, 6) is -1.19. The topological polar surface area (TPSA) is 96.8 Å². The Morgan fingerprint density at radius 3 is 2.44 bits per heavy atom. The largest absolute Gasteiger partial charge is 0.573 e. The van der Waals surface area contributed by atoms with Crippen molar-refractivity contribution in [2.75, 3.05) is 10.8 Å². The molecular formula is C30H25F3N2O5S. The maximum atomic E-state index is 13.8. The van der Waals surface area contributed by atoms with Crippen molar-refractivity contribution in [2.24, 2.45) is 0 Å². The molecule has 1 atom stereocenters. The van der Waals surface area contributed by atoms with Crippen LogP contribution in [0.2, 0.25) is 0 Å². The van der Waals surface area contributed by atoms with E-state index < -0.39 is 34.1 Å². The fourth-order valence-corrected chi connectivity index (χ4v) is 7.00. The van der Waals surface area contributed by atoms with Crippen molar-refractivity contribution in [3.05, 3.63) is 95.2 Å². The Bertz CT molecular complexity index is 1750. The summed E-state index contributed by atoms with van der Waals surface area (Å²) in [4.78, 5) is 17.8. The molecule has 7 nitrogen and oxygen atoms in total. The van der Waals surface area contributed by atoms with Gasteiger partial charge < -0.3 is 14.7 Å². The van der Waals surface area contributed by atoms with Gasteiger partial charge in [-0.2, -0.15) is 0 Å². The molecule has 1 saturated carbocycles. The van der Waals surface area contributed by atoms with Gasteiger partial charge in [0.2, 0.25) is 0 Å². The van der Waals surface area contributed by atoms with Crippen LogP contribution >= 0.6 is 0 Å². The summed E-state index contributed by atoms with van der Waals surface area (Å²) in [6, 6.07) is 16.5. The van der Waals surface area contributed by atoms with Gasteiger partial charge in [-0.05, 0) is 84.5 Å². The summed E-state index contributed by atoms with van der Waals surface area (Å²) in [5.41, 5.74) is 2.30. The number of alkyl halides is 3. The highest BCUT2D eigenvalue weighted by Crippen LogP contribution is 2.49. The van der Waals surface area contributed by atoms with Crippen LogP contribution in [0.25, 0.3) is 10.8 Å². The van der Waals surface area contributed by atoms with Gasteiger partial charge in [-0.1, -0.05) is 30.3 Å². The lowest BCUT2D eigenvalue weighted by molar-refractivity contribution is -0.274. The van der Waals surface area contributed by atoms with Gasteiger partial charge in [0.15, 0.2) is 9.84 Å². The number of aryl methyl sites for hydroxylation is 1. The quantitative estimate of drug-likeness (QED) is 0.249. The van der Waals surface area contributed by atoms with E-state index in [1.807, 2.05) is 24.3 Å². The monoisotopic (exact) mass is 582 g/mol. The standard InChI is InChI=1S/C30H25F3N2O5S/c31-30(32,33)40-22-10-13-24-20(15-22)9-14-26(24)35(17-41(38,39)23-11-7-19(8-12-23)29(36)37)28-27(18-5-6-18)25-4-2-1-3-21(25)16-34-28/h1-4,7-8,10-13,15-16,18,26H,5-6,9,14,17H2,(H,36,37). The highest BCUT2D eigenvalue weighted by Gasteiger charge is 2.38. The van der Waals surface area contributed by atoms with Crippen LogP contribution in [0.4, 0.5) is 19.0 Å². The first-order valence-electron chi connectivity index (χ1n) is 13.1. The van der Waals surface area contributed by atoms with Gasteiger partial charge >= 0.3 is 12.3 Å². The van der Waals surface area contributed by atoms with E-state index >= 15 is 0 Å². The minimum Gasteiger partial charge on any atom is -0.478 e. The molecule has 11 heteroatoms. The first-order valence-corrected chi connectivity index (χ1v) is 14.7. The minimum absolute atomic E-state index is 0.0328. The molecule has 1 N–H and O–H groups in total. The van der Waals surface area contributed by atoms with Crippen LogP contribution in [0.3, 0.4) is 0 Å². The van der Waals surface area contributed by atoms with E-state index in [2.05, 4.69) is 4.74 Å². The second-order valence-corrected chi connectivity index (χ2v) is 12.3. The van der Waals surface area contributed by atoms with Gasteiger partial charge in [-0.15, -0.1) is 13.2 Å². The molecule has 0 aliphatic heterocycles. The third-order valence-corrected chi connectivity index (χ3v) is 9.22. The maximum Gasteiger partial charge on any atom is 0.573 e. The van der Waals surface area contributed by atoms with Crippen molar-refractivity contribution in [3.8, 4) is 5.75 Å². The predicted molar refractivity (Wildman–Crippen MR) is 146 cm³/mol. The highest BCUT2D eigenvalue weighted by molar-refractivity contribution is 7.91. The Labute approximate surface area is 234 Å². The SMILES string of the molecule is O=C(O)c1ccc(S(=O)(=O)CN(c2ncc3ccccc3c2C2CC2)C2CCc3cc(OC(F)(F)F)ccc32)cc1. The number of hydrogen-bond donors (Lipinski definition) is 1. The second kappa shape index (κ2) is 10.1. The molecule has 0 saturated heterocycles. The third kappa shape index (κ3) is 5.46. The lowest BCUT2D eigenvalue weighted by Crippen LogP contribution is -2.34. The van der Waals surface area contributed by atoms with E-state index in [1.165, 1.54) is 36.4 Å². The van der Waals surface area contributed by atoms with E-state index in [1.54, 1.807) is 17.2 Å². The normalized spacial score (nSPS) is 16.9. The summed E-state index contributed by atoms with van der Waals surface area (Å²) < 4.78 is 70.2. The lowest BCUT2D eigenvalue weighted by Gasteiger charge is -2.33. The molecule has 6 rings (SSSR count). The van der Waals surface area contributed by atoms with Crippen molar-refractivity contribution in [1.29, 1.82) is 0 Å². The van der Waals surface area contributed by atoms with Crippen LogP contribution in [0.1, 0.15) is 58.3 Å². The molecule has 0 spiro atoms. The summed E-state index contributed by atoms with van der Waals surface area (Å²) in [6.45, 7) is 0. The van der Waals surface area contributed by atoms with Crippen molar-refractivity contribution in [3.63, 3.8) is 0 Å². The molecule has 1 aromatic heterocycles. The van der Waals surface area contributed by atoms with Crippen LogP contribution in [0, 0.1) is 0 Å². The van der Waals surface area contributed by atoms with E-state index in [0.717, 1.165) is 29.2 Å². The lowest BCUT2D eigenvalue weighted by atomic mass is 10.0. The van der Waals surface area contributed by atoms with Crippen molar-refractivity contribution >= 4 is 32.4 Å². The number of carboxylic acid groups (broad SMARTS) is 1. The highest BCUT2D eigenvalue weighted by atomic mass is 32.2. The number of aromatic carboxylic acids is 1. The number of sulfone groups is 1. The third-order valence-electron chi connectivity index (χ3n) is 7.62. The number of benzene rings is 3. The minimum atomic E-state index is -4.82. The van der Waals surface area contributed by atoms with E-state index in [4.69, 9.17) is 4.98 Å². The van der Waals surface area contributed by atoms with Crippen LogP contribution in [0.15, 0.2) is 77.8 Å². The molecule has 3 aromatic carbocycles. The van der Waals surface area contributed by atoms with Crippen molar-refractivity contribution in [1.82, 2.24) is 4.98 Å². The number of nitrogens with zero attached hydrogens (tertiary/aromatic N) is 2. The molecule has 0 amide bonds. The van der Waals surface area contributed by atoms with Gasteiger partial charge in [0, 0.05) is 17.1 Å². The Hall–Kier alpha value is -4.12. The zero-order valence-corrected chi connectivity index (χ0v) is 22.5. The molecule has 1 fully saturated rings. The first kappa shape index (κ1) is 27.1. The number of ether oxygens (including phenoxy) is 1. The first-order chi connectivity index (χ1) is 19.5. The zero-order valence-electron chi connectivity index (χ0n) is 21.6. The molecule has 41 heavy (non-hydrogen) atoms. The van der Waals surface area contributed by atoms with Gasteiger partial charge in [-0.3, -0.25) is 0 Å². The average molecular weight is 583 g/mol. The number of pyridine rings is 1. The number of anilines is 1. The van der Waals surface area contributed by atoms with Gasteiger partial charge in [0.05, 0.1) is 16.5 Å². The van der Waals surface area contributed by atoms with E-state index in [9.17, 15) is 31.5 Å². The number of rotatable bonds is 8. The van der Waals surface area contributed by atoms with Crippen LogP contribution in [-0.4, -0.2) is 36.7 Å². The summed E-state index contributed by atoms with van der Waals surface area (Å²) in [5, 5.41) is 11.2. The molecule has 0 radical (unpaired) electrons. The summed E-state index contributed by atoms with van der Waals surface area (Å²) in [6.07, 6.45) is -0.314. The maximum absolute atomic E-state index is 13.8. The number of halogens is 3. The average Bonchev–Trinajstić information content (AvgIpc) is 3.69. The summed E-state index contributed by atoms with van der Waals surface area (Å²) in [7, 11) is -3.98. The van der Waals surface area contributed by atoms with E-state index in [0.29, 0.717) is 29.8 Å². The Balaban J connectivity index is 1.45. The van der Waals surface area contributed by atoms with Crippen molar-refractivity contribution in [2.45, 2.75) is 48.9 Å². The Morgan fingerprint density at radius 2 is 1.76 bits per heavy atom.